The van der Waals surface area contributed by atoms with Gasteiger partial charge in [-0.25, -0.2) is 0 Å². The van der Waals surface area contributed by atoms with Gasteiger partial charge in [-0.1, -0.05) is 13.0 Å². The fourth-order valence-corrected chi connectivity index (χ4v) is 4.12. The number of ether oxygens (including phenoxy) is 2. The fraction of sp³-hybridized carbons (Fsp3) is 0.647. The molecule has 3 aliphatic rings. The van der Waals surface area contributed by atoms with Gasteiger partial charge in [0.2, 0.25) is 0 Å². The zero-order chi connectivity index (χ0) is 16.2. The first-order valence-electron chi connectivity index (χ1n) is 7.71. The molecule has 120 valence electrons. The van der Waals surface area contributed by atoms with Crippen LogP contribution in [0.4, 0.5) is 0 Å². The molecule has 1 fully saturated rings. The Hall–Kier alpha value is -1.62. The van der Waals surface area contributed by atoms with E-state index in [0.29, 0.717) is 6.42 Å². The van der Waals surface area contributed by atoms with E-state index in [9.17, 15) is 14.7 Å². The average Bonchev–Trinajstić information content (AvgIpc) is 2.81. The Labute approximate surface area is 130 Å². The van der Waals surface area contributed by atoms with E-state index in [4.69, 9.17) is 9.47 Å². The molecule has 0 bridgehead atoms. The molecule has 1 aliphatic heterocycles. The van der Waals surface area contributed by atoms with E-state index < -0.39 is 17.8 Å². The molecule has 2 aliphatic carbocycles. The molecule has 6 atom stereocenters. The van der Waals surface area contributed by atoms with Crippen molar-refractivity contribution in [3.05, 3.63) is 23.3 Å². The second-order valence-corrected chi connectivity index (χ2v) is 6.89. The third kappa shape index (κ3) is 2.19. The van der Waals surface area contributed by atoms with Crippen molar-refractivity contribution in [1.29, 1.82) is 0 Å². The van der Waals surface area contributed by atoms with Crippen molar-refractivity contribution in [3.8, 4) is 0 Å². The first kappa shape index (κ1) is 15.3. The van der Waals surface area contributed by atoms with Crippen molar-refractivity contribution in [1.82, 2.24) is 0 Å². The molecule has 1 N–H and O–H groups in total. The molecule has 1 saturated heterocycles. The number of rotatable bonds is 1. The first-order chi connectivity index (χ1) is 10.2. The molecular formula is C17H22O5. The molecule has 0 aromatic heterocycles. The lowest BCUT2D eigenvalue weighted by Crippen LogP contribution is -2.44. The summed E-state index contributed by atoms with van der Waals surface area (Å²) in [6, 6.07) is 0. The summed E-state index contributed by atoms with van der Waals surface area (Å²) in [5.74, 6) is -1.58. The van der Waals surface area contributed by atoms with Gasteiger partial charge in [-0.3, -0.25) is 9.59 Å². The van der Waals surface area contributed by atoms with E-state index in [1.54, 1.807) is 13.8 Å². The fourth-order valence-electron chi connectivity index (χ4n) is 4.12. The second kappa shape index (κ2) is 4.95. The maximum atomic E-state index is 12.1. The smallest absolute Gasteiger partial charge is 0.309 e. The number of allylic oxidation sites excluding steroid dienone is 1. The number of carbonyl (C=O) groups excluding carboxylic acids is 2. The normalized spacial score (nSPS) is 43.5. The van der Waals surface area contributed by atoms with Crippen LogP contribution >= 0.6 is 0 Å². The molecule has 5 nitrogen and oxygen atoms in total. The number of aliphatic hydroxyl groups is 1. The van der Waals surface area contributed by atoms with Gasteiger partial charge in [0, 0.05) is 6.92 Å². The van der Waals surface area contributed by atoms with Crippen LogP contribution in [0.1, 0.15) is 34.1 Å². The van der Waals surface area contributed by atoms with Gasteiger partial charge >= 0.3 is 11.9 Å². The molecule has 6 unspecified atom stereocenters. The van der Waals surface area contributed by atoms with Crippen LogP contribution in [0.15, 0.2) is 23.3 Å². The quantitative estimate of drug-likeness (QED) is 0.747. The molecule has 22 heavy (non-hydrogen) atoms. The number of hydrogen-bond acceptors (Lipinski definition) is 5. The molecule has 0 aromatic carbocycles. The predicted octanol–water partition coefficient (Wildman–Crippen LogP) is 1.75. The Bertz CT molecular complexity index is 586. The standard InChI is InChI=1S/C17H22O5/c1-8-7-12(21-10(3)18)13-9(2)16(19)22-15(13)14-11(8)5-6-17(14,4)20/h5,7,9,12-15,20H,6H2,1-4H3. The van der Waals surface area contributed by atoms with Gasteiger partial charge in [0.25, 0.3) is 0 Å². The summed E-state index contributed by atoms with van der Waals surface area (Å²) in [5, 5.41) is 10.7. The maximum absolute atomic E-state index is 12.1. The molecule has 0 radical (unpaired) electrons. The third-order valence-corrected chi connectivity index (χ3v) is 5.20. The third-order valence-electron chi connectivity index (χ3n) is 5.20. The van der Waals surface area contributed by atoms with Gasteiger partial charge in [-0.05, 0) is 37.5 Å². The molecule has 0 amide bonds. The first-order valence-corrected chi connectivity index (χ1v) is 7.71. The molecule has 5 heteroatoms. The van der Waals surface area contributed by atoms with Gasteiger partial charge < -0.3 is 14.6 Å². The van der Waals surface area contributed by atoms with E-state index in [0.717, 1.165) is 11.1 Å². The number of hydrogen-bond donors (Lipinski definition) is 1. The Morgan fingerprint density at radius 2 is 2.18 bits per heavy atom. The van der Waals surface area contributed by atoms with Crippen molar-refractivity contribution in [2.24, 2.45) is 17.8 Å². The van der Waals surface area contributed by atoms with Crippen LogP contribution < -0.4 is 0 Å². The van der Waals surface area contributed by atoms with Crippen LogP contribution in [0.2, 0.25) is 0 Å². The van der Waals surface area contributed by atoms with Crippen LogP contribution in [-0.2, 0) is 19.1 Å². The van der Waals surface area contributed by atoms with Crippen molar-refractivity contribution in [2.75, 3.05) is 0 Å². The maximum Gasteiger partial charge on any atom is 0.309 e. The topological polar surface area (TPSA) is 72.8 Å². The van der Waals surface area contributed by atoms with E-state index in [-0.39, 0.29) is 29.7 Å². The Morgan fingerprint density at radius 1 is 1.50 bits per heavy atom. The van der Waals surface area contributed by atoms with Gasteiger partial charge in [0.15, 0.2) is 0 Å². The zero-order valence-electron chi connectivity index (χ0n) is 13.3. The van der Waals surface area contributed by atoms with Crippen LogP contribution in [-0.4, -0.2) is 34.9 Å². The molecule has 3 rings (SSSR count). The van der Waals surface area contributed by atoms with Gasteiger partial charge in [-0.2, -0.15) is 0 Å². The number of fused-ring (bicyclic) bond motifs is 3. The van der Waals surface area contributed by atoms with Gasteiger partial charge in [-0.15, -0.1) is 0 Å². The molecule has 0 aromatic rings. The Kier molecular flexibility index (Phi) is 3.44. The molecule has 1 heterocycles. The monoisotopic (exact) mass is 306 g/mol. The SMILES string of the molecule is CC(=O)OC1C=C(C)C2=CCC(C)(O)C2C2OC(=O)C(C)C12. The van der Waals surface area contributed by atoms with Crippen LogP contribution in [0.5, 0.6) is 0 Å². The summed E-state index contributed by atoms with van der Waals surface area (Å²) >= 11 is 0. The van der Waals surface area contributed by atoms with Gasteiger partial charge in [0.05, 0.1) is 23.4 Å². The highest BCUT2D eigenvalue weighted by Crippen LogP contribution is 2.50. The summed E-state index contributed by atoms with van der Waals surface area (Å²) in [6.45, 7) is 6.88. The largest absolute Gasteiger partial charge is 0.461 e. The highest BCUT2D eigenvalue weighted by molar-refractivity contribution is 5.76. The summed E-state index contributed by atoms with van der Waals surface area (Å²) in [6.07, 6.45) is 3.45. The predicted molar refractivity (Wildman–Crippen MR) is 78.7 cm³/mol. The van der Waals surface area contributed by atoms with Crippen LogP contribution in [0, 0.1) is 17.8 Å². The summed E-state index contributed by atoms with van der Waals surface area (Å²) in [7, 11) is 0. The van der Waals surface area contributed by atoms with Crippen LogP contribution in [0.3, 0.4) is 0 Å². The second-order valence-electron chi connectivity index (χ2n) is 6.89. The average molecular weight is 306 g/mol. The van der Waals surface area contributed by atoms with Crippen molar-refractivity contribution >= 4 is 11.9 Å². The lowest BCUT2D eigenvalue weighted by Gasteiger charge is -2.35. The molecular weight excluding hydrogens is 284 g/mol. The van der Waals surface area contributed by atoms with Crippen molar-refractivity contribution in [2.45, 2.75) is 51.9 Å². The lowest BCUT2D eigenvalue weighted by atomic mass is 9.76. The Morgan fingerprint density at radius 3 is 2.82 bits per heavy atom. The van der Waals surface area contributed by atoms with E-state index in [1.165, 1.54) is 6.92 Å². The minimum Gasteiger partial charge on any atom is -0.461 e. The highest BCUT2D eigenvalue weighted by Gasteiger charge is 2.57. The number of esters is 2. The van der Waals surface area contributed by atoms with Crippen molar-refractivity contribution in [3.63, 3.8) is 0 Å². The molecule has 0 saturated carbocycles. The zero-order valence-corrected chi connectivity index (χ0v) is 13.3. The lowest BCUT2D eigenvalue weighted by molar-refractivity contribution is -0.149. The summed E-state index contributed by atoms with van der Waals surface area (Å²) < 4.78 is 11.1. The minimum atomic E-state index is -0.956. The van der Waals surface area contributed by atoms with Crippen LogP contribution in [0.25, 0.3) is 0 Å². The van der Waals surface area contributed by atoms with Gasteiger partial charge in [0.1, 0.15) is 12.2 Å². The van der Waals surface area contributed by atoms with E-state index >= 15 is 0 Å². The van der Waals surface area contributed by atoms with E-state index in [2.05, 4.69) is 0 Å². The van der Waals surface area contributed by atoms with Crippen molar-refractivity contribution < 1.29 is 24.2 Å². The Balaban J connectivity index is 2.09. The summed E-state index contributed by atoms with van der Waals surface area (Å²) in [5.41, 5.74) is 1.02. The number of carbonyl (C=O) groups is 2. The highest BCUT2D eigenvalue weighted by atomic mass is 16.6. The van der Waals surface area contributed by atoms with E-state index in [1.807, 2.05) is 19.1 Å². The summed E-state index contributed by atoms with van der Waals surface area (Å²) in [4.78, 5) is 23.5. The minimum absolute atomic E-state index is 0.271. The molecule has 0 spiro atoms.